The van der Waals surface area contributed by atoms with E-state index in [0.29, 0.717) is 26.3 Å². The Morgan fingerprint density at radius 1 is 1.25 bits per heavy atom. The van der Waals surface area contributed by atoms with E-state index >= 15 is 0 Å². The van der Waals surface area contributed by atoms with Gasteiger partial charge in [0.05, 0.1) is 30.4 Å². The Morgan fingerprint density at radius 3 is 2.54 bits per heavy atom. The van der Waals surface area contributed by atoms with Gasteiger partial charge >= 0.3 is 5.97 Å². The van der Waals surface area contributed by atoms with E-state index in [-0.39, 0.29) is 24.2 Å². The Hall–Kier alpha value is -2.45. The molecule has 130 valence electrons. The average molecular weight is 335 g/mol. The number of nitrogens with one attached hydrogen (secondary N) is 1. The molecule has 1 aromatic carbocycles. The lowest BCUT2D eigenvalue weighted by Crippen LogP contribution is -2.42. The van der Waals surface area contributed by atoms with Crippen LogP contribution in [0.4, 0.5) is 5.69 Å². The van der Waals surface area contributed by atoms with E-state index in [2.05, 4.69) is 5.32 Å². The number of aliphatic carboxylic acids is 1. The van der Waals surface area contributed by atoms with Gasteiger partial charge in [0.25, 0.3) is 5.91 Å². The number of amides is 2. The molecule has 0 aliphatic carbocycles. The van der Waals surface area contributed by atoms with Crippen LogP contribution in [0.15, 0.2) is 24.3 Å². The quantitative estimate of drug-likeness (QED) is 0.652. The highest BCUT2D eigenvalue weighted by Gasteiger charge is 2.25. The van der Waals surface area contributed by atoms with E-state index in [0.717, 1.165) is 0 Å². The second kappa shape index (κ2) is 8.42. The van der Waals surface area contributed by atoms with E-state index in [1.54, 1.807) is 18.2 Å². The number of carboxylic acid groups (broad SMARTS) is 1. The Balaban J connectivity index is 1.98. The van der Waals surface area contributed by atoms with E-state index < -0.39 is 23.7 Å². The largest absolute Gasteiger partial charge is 0.481 e. The molecule has 8 heteroatoms. The number of morpholine rings is 1. The lowest BCUT2D eigenvalue weighted by molar-refractivity contribution is -0.144. The number of nitrogens with two attached hydrogens (primary N) is 1. The maximum Gasteiger partial charge on any atom is 0.308 e. The van der Waals surface area contributed by atoms with Crippen LogP contribution in [-0.4, -0.2) is 60.6 Å². The van der Waals surface area contributed by atoms with Crippen molar-refractivity contribution < 1.29 is 24.2 Å². The van der Waals surface area contributed by atoms with Gasteiger partial charge in [-0.15, -0.1) is 0 Å². The average Bonchev–Trinajstić information content (AvgIpc) is 2.55. The van der Waals surface area contributed by atoms with Crippen molar-refractivity contribution in [3.05, 3.63) is 29.8 Å². The van der Waals surface area contributed by atoms with Crippen LogP contribution in [0.1, 0.15) is 16.8 Å². The summed E-state index contributed by atoms with van der Waals surface area (Å²) in [4.78, 5) is 36.9. The van der Waals surface area contributed by atoms with Gasteiger partial charge in [-0.3, -0.25) is 19.3 Å². The Labute approximate surface area is 139 Å². The highest BCUT2D eigenvalue weighted by molar-refractivity contribution is 6.03. The molecule has 1 heterocycles. The second-order valence-electron chi connectivity index (χ2n) is 5.61. The summed E-state index contributed by atoms with van der Waals surface area (Å²) in [5, 5.41) is 11.9. The van der Waals surface area contributed by atoms with Crippen LogP contribution in [0, 0.1) is 5.92 Å². The molecule has 1 aliphatic heterocycles. The zero-order valence-corrected chi connectivity index (χ0v) is 13.2. The molecular weight excluding hydrogens is 314 g/mol. The summed E-state index contributed by atoms with van der Waals surface area (Å²) in [5.41, 5.74) is 5.73. The summed E-state index contributed by atoms with van der Waals surface area (Å²) >= 11 is 0. The van der Waals surface area contributed by atoms with Gasteiger partial charge in [0, 0.05) is 26.1 Å². The molecule has 1 aromatic rings. The first-order valence-corrected chi connectivity index (χ1v) is 7.69. The van der Waals surface area contributed by atoms with Crippen LogP contribution in [0.5, 0.6) is 0 Å². The summed E-state index contributed by atoms with van der Waals surface area (Å²) in [6.45, 7) is 2.70. The monoisotopic (exact) mass is 335 g/mol. The molecule has 2 amide bonds. The molecule has 0 spiro atoms. The molecule has 1 saturated heterocycles. The molecule has 0 saturated carbocycles. The minimum absolute atomic E-state index is 0.181. The zero-order valence-electron chi connectivity index (χ0n) is 13.2. The van der Waals surface area contributed by atoms with Crippen LogP contribution in [-0.2, 0) is 14.3 Å². The van der Waals surface area contributed by atoms with Crippen molar-refractivity contribution in [2.75, 3.05) is 38.2 Å². The fraction of sp³-hybridized carbons (Fsp3) is 0.438. The number of rotatable bonds is 7. The predicted octanol–water partition coefficient (Wildman–Crippen LogP) is 0.147. The Kier molecular flexibility index (Phi) is 6.28. The predicted molar refractivity (Wildman–Crippen MR) is 86.6 cm³/mol. The molecule has 8 nitrogen and oxygen atoms in total. The minimum atomic E-state index is -1.03. The standard InChI is InChI=1S/C16H21N3O5/c17-15(21)12-3-1-2-4-13(12)18-14(20)9-11(16(22)23)10-19-5-7-24-8-6-19/h1-4,11H,5-10H2,(H2,17,21)(H,18,20)(H,22,23)/t11-/m1/s1. The first-order valence-electron chi connectivity index (χ1n) is 7.69. The minimum Gasteiger partial charge on any atom is -0.481 e. The first-order chi connectivity index (χ1) is 11.5. The Morgan fingerprint density at radius 2 is 1.92 bits per heavy atom. The van der Waals surface area contributed by atoms with Gasteiger partial charge in [0.15, 0.2) is 0 Å². The highest BCUT2D eigenvalue weighted by atomic mass is 16.5. The molecule has 2 rings (SSSR count). The third-order valence-electron chi connectivity index (χ3n) is 3.83. The highest BCUT2D eigenvalue weighted by Crippen LogP contribution is 2.16. The lowest BCUT2D eigenvalue weighted by atomic mass is 10.0. The van der Waals surface area contributed by atoms with Crippen molar-refractivity contribution in [2.45, 2.75) is 6.42 Å². The summed E-state index contributed by atoms with van der Waals surface area (Å²) in [6, 6.07) is 6.34. The first kappa shape index (κ1) is 17.9. The van der Waals surface area contributed by atoms with E-state index in [9.17, 15) is 19.5 Å². The molecule has 1 fully saturated rings. The van der Waals surface area contributed by atoms with Gasteiger partial charge in [0.1, 0.15) is 0 Å². The third-order valence-corrected chi connectivity index (χ3v) is 3.83. The summed E-state index contributed by atoms with van der Waals surface area (Å²) < 4.78 is 5.23. The molecule has 0 unspecified atom stereocenters. The van der Waals surface area contributed by atoms with Crippen LogP contribution in [0.25, 0.3) is 0 Å². The maximum atomic E-state index is 12.2. The zero-order chi connectivity index (χ0) is 17.5. The molecule has 0 radical (unpaired) electrons. The lowest BCUT2D eigenvalue weighted by Gasteiger charge is -2.28. The van der Waals surface area contributed by atoms with Gasteiger partial charge in [-0.25, -0.2) is 0 Å². The van der Waals surface area contributed by atoms with E-state index in [1.165, 1.54) is 6.07 Å². The van der Waals surface area contributed by atoms with Crippen molar-refractivity contribution in [3.8, 4) is 0 Å². The maximum absolute atomic E-state index is 12.2. The molecule has 1 atom stereocenters. The van der Waals surface area contributed by atoms with Gasteiger partial charge in [0.2, 0.25) is 5.91 Å². The molecule has 1 aliphatic rings. The van der Waals surface area contributed by atoms with Crippen molar-refractivity contribution in [2.24, 2.45) is 11.7 Å². The number of carboxylic acids is 1. The van der Waals surface area contributed by atoms with Crippen molar-refractivity contribution >= 4 is 23.5 Å². The Bertz CT molecular complexity index is 613. The number of ether oxygens (including phenoxy) is 1. The SMILES string of the molecule is NC(=O)c1ccccc1NC(=O)C[C@H](CN1CCOCC1)C(=O)O. The van der Waals surface area contributed by atoms with Crippen molar-refractivity contribution in [3.63, 3.8) is 0 Å². The van der Waals surface area contributed by atoms with Crippen LogP contribution in [0.2, 0.25) is 0 Å². The van der Waals surface area contributed by atoms with Gasteiger partial charge in [-0.05, 0) is 12.1 Å². The van der Waals surface area contributed by atoms with Crippen molar-refractivity contribution in [1.29, 1.82) is 0 Å². The number of benzene rings is 1. The number of nitrogens with zero attached hydrogens (tertiary/aromatic N) is 1. The second-order valence-corrected chi connectivity index (χ2v) is 5.61. The number of carbonyl (C=O) groups excluding carboxylic acids is 2. The van der Waals surface area contributed by atoms with Crippen LogP contribution in [0.3, 0.4) is 0 Å². The molecule has 0 aromatic heterocycles. The van der Waals surface area contributed by atoms with Gasteiger partial charge < -0.3 is 20.9 Å². The number of carbonyl (C=O) groups is 3. The van der Waals surface area contributed by atoms with E-state index in [1.807, 2.05) is 4.90 Å². The molecule has 0 bridgehead atoms. The summed E-state index contributed by atoms with van der Waals surface area (Å²) in [7, 11) is 0. The number of hydrogen-bond donors (Lipinski definition) is 3. The molecule has 4 N–H and O–H groups in total. The molecule has 24 heavy (non-hydrogen) atoms. The summed E-state index contributed by atoms with van der Waals surface area (Å²) in [6.07, 6.45) is -0.181. The smallest absolute Gasteiger partial charge is 0.308 e. The third kappa shape index (κ3) is 5.04. The number of hydrogen-bond acceptors (Lipinski definition) is 5. The van der Waals surface area contributed by atoms with Gasteiger partial charge in [-0.2, -0.15) is 0 Å². The number of para-hydroxylation sites is 1. The fourth-order valence-corrected chi connectivity index (χ4v) is 2.56. The van der Waals surface area contributed by atoms with Crippen LogP contribution >= 0.6 is 0 Å². The van der Waals surface area contributed by atoms with Crippen molar-refractivity contribution in [1.82, 2.24) is 4.90 Å². The number of anilines is 1. The van der Waals surface area contributed by atoms with Crippen LogP contribution < -0.4 is 11.1 Å². The van der Waals surface area contributed by atoms with Gasteiger partial charge in [-0.1, -0.05) is 12.1 Å². The van der Waals surface area contributed by atoms with E-state index in [4.69, 9.17) is 10.5 Å². The molecular formula is C16H21N3O5. The number of primary amides is 1. The summed E-state index contributed by atoms with van der Waals surface area (Å²) in [5.74, 6) is -2.98. The topological polar surface area (TPSA) is 122 Å². The normalized spacial score (nSPS) is 16.3. The fourth-order valence-electron chi connectivity index (χ4n) is 2.56.